The van der Waals surface area contributed by atoms with Crippen LogP contribution in [-0.2, 0) is 10.0 Å². The molecule has 0 aliphatic heterocycles. The summed E-state index contributed by atoms with van der Waals surface area (Å²) in [6, 6.07) is 6.10. The Labute approximate surface area is 128 Å². The maximum Gasteiger partial charge on any atom is 0.391 e. The lowest BCUT2D eigenvalue weighted by Gasteiger charge is -2.34. The summed E-state index contributed by atoms with van der Waals surface area (Å²) in [5, 5.41) is 13.9. The SMILES string of the molecule is Cc1ccc(C(C(C)(O)CC(C)C(F)(F)F)S(N)(=O)=O)cc1. The molecule has 22 heavy (non-hydrogen) atoms. The highest BCUT2D eigenvalue weighted by atomic mass is 32.2. The summed E-state index contributed by atoms with van der Waals surface area (Å²) in [7, 11) is -4.30. The van der Waals surface area contributed by atoms with Gasteiger partial charge in [0.25, 0.3) is 0 Å². The molecule has 0 bridgehead atoms. The highest BCUT2D eigenvalue weighted by Crippen LogP contribution is 2.40. The summed E-state index contributed by atoms with van der Waals surface area (Å²) < 4.78 is 61.8. The van der Waals surface area contributed by atoms with Gasteiger partial charge >= 0.3 is 6.18 Å². The van der Waals surface area contributed by atoms with Gasteiger partial charge in [-0.25, -0.2) is 13.6 Å². The first-order chi connectivity index (χ1) is 9.75. The molecule has 8 heteroatoms. The summed E-state index contributed by atoms with van der Waals surface area (Å²) >= 11 is 0. The summed E-state index contributed by atoms with van der Waals surface area (Å²) in [6.07, 6.45) is -5.30. The Kier molecular flexibility index (Phi) is 5.31. The molecular weight excluding hydrogens is 319 g/mol. The van der Waals surface area contributed by atoms with E-state index in [0.29, 0.717) is 0 Å². The maximum absolute atomic E-state index is 12.7. The van der Waals surface area contributed by atoms with Gasteiger partial charge in [-0.3, -0.25) is 0 Å². The number of primary sulfonamides is 1. The van der Waals surface area contributed by atoms with E-state index >= 15 is 0 Å². The van der Waals surface area contributed by atoms with Gasteiger partial charge in [-0.05, 0) is 25.8 Å². The Morgan fingerprint density at radius 3 is 2.05 bits per heavy atom. The average Bonchev–Trinajstić information content (AvgIpc) is 2.28. The van der Waals surface area contributed by atoms with Gasteiger partial charge in [0.1, 0.15) is 5.25 Å². The van der Waals surface area contributed by atoms with Crippen molar-refractivity contribution in [2.24, 2.45) is 11.1 Å². The molecule has 0 aromatic heterocycles. The number of nitrogens with two attached hydrogens (primary N) is 1. The number of rotatable bonds is 5. The normalized spacial score (nSPS) is 18.5. The highest BCUT2D eigenvalue weighted by Gasteiger charge is 2.47. The van der Waals surface area contributed by atoms with Crippen molar-refractivity contribution < 1.29 is 26.7 Å². The van der Waals surface area contributed by atoms with Crippen LogP contribution in [0.15, 0.2) is 24.3 Å². The molecule has 0 heterocycles. The number of alkyl halides is 3. The van der Waals surface area contributed by atoms with Crippen molar-refractivity contribution in [2.75, 3.05) is 0 Å². The van der Waals surface area contributed by atoms with Crippen molar-refractivity contribution in [3.63, 3.8) is 0 Å². The van der Waals surface area contributed by atoms with Crippen molar-refractivity contribution >= 4 is 10.0 Å². The minimum atomic E-state index is -4.53. The Morgan fingerprint density at radius 2 is 1.68 bits per heavy atom. The monoisotopic (exact) mass is 339 g/mol. The molecule has 1 aromatic carbocycles. The molecule has 3 N–H and O–H groups in total. The van der Waals surface area contributed by atoms with Crippen molar-refractivity contribution in [1.82, 2.24) is 0 Å². The minimum absolute atomic E-state index is 0.160. The van der Waals surface area contributed by atoms with Crippen LogP contribution in [0.25, 0.3) is 0 Å². The van der Waals surface area contributed by atoms with Crippen LogP contribution in [-0.4, -0.2) is 25.3 Å². The lowest BCUT2D eigenvalue weighted by molar-refractivity contribution is -0.183. The number of benzene rings is 1. The van der Waals surface area contributed by atoms with E-state index in [-0.39, 0.29) is 5.56 Å². The molecule has 3 atom stereocenters. The van der Waals surface area contributed by atoms with Crippen LogP contribution in [0.3, 0.4) is 0 Å². The fourth-order valence-corrected chi connectivity index (χ4v) is 3.83. The van der Waals surface area contributed by atoms with E-state index in [4.69, 9.17) is 5.14 Å². The number of halogens is 3. The zero-order chi connectivity index (χ0) is 17.3. The number of sulfonamides is 1. The molecule has 4 nitrogen and oxygen atoms in total. The number of aliphatic hydroxyl groups is 1. The molecule has 3 unspecified atom stereocenters. The Morgan fingerprint density at radius 1 is 1.23 bits per heavy atom. The van der Waals surface area contributed by atoms with E-state index in [9.17, 15) is 26.7 Å². The lowest BCUT2D eigenvalue weighted by Crippen LogP contribution is -2.43. The summed E-state index contributed by atoms with van der Waals surface area (Å²) in [6.45, 7) is 3.73. The first kappa shape index (κ1) is 18.9. The third kappa shape index (κ3) is 4.69. The van der Waals surface area contributed by atoms with Crippen molar-refractivity contribution in [3.8, 4) is 0 Å². The third-order valence-electron chi connectivity index (χ3n) is 3.55. The highest BCUT2D eigenvalue weighted by molar-refractivity contribution is 7.89. The van der Waals surface area contributed by atoms with E-state index < -0.39 is 39.4 Å². The topological polar surface area (TPSA) is 80.4 Å². The van der Waals surface area contributed by atoms with Gasteiger partial charge in [0, 0.05) is 0 Å². The molecule has 0 spiro atoms. The first-order valence-corrected chi connectivity index (χ1v) is 8.23. The largest absolute Gasteiger partial charge is 0.391 e. The van der Waals surface area contributed by atoms with Gasteiger partial charge in [-0.15, -0.1) is 0 Å². The quantitative estimate of drug-likeness (QED) is 0.865. The number of hydrogen-bond acceptors (Lipinski definition) is 3. The van der Waals surface area contributed by atoms with Gasteiger partial charge in [0.05, 0.1) is 11.5 Å². The molecule has 0 saturated carbocycles. The van der Waals surface area contributed by atoms with Gasteiger partial charge in [-0.2, -0.15) is 13.2 Å². The second-order valence-electron chi connectivity index (χ2n) is 5.88. The Bertz CT molecular complexity index is 609. The zero-order valence-electron chi connectivity index (χ0n) is 12.6. The van der Waals surface area contributed by atoms with Crippen LogP contribution in [0.5, 0.6) is 0 Å². The van der Waals surface area contributed by atoms with E-state index in [1.54, 1.807) is 19.1 Å². The Balaban J connectivity index is 3.25. The van der Waals surface area contributed by atoms with Crippen LogP contribution in [0.2, 0.25) is 0 Å². The molecule has 0 amide bonds. The fraction of sp³-hybridized carbons (Fsp3) is 0.571. The van der Waals surface area contributed by atoms with Crippen LogP contribution in [0.4, 0.5) is 13.2 Å². The molecule has 0 fully saturated rings. The second kappa shape index (κ2) is 6.17. The zero-order valence-corrected chi connectivity index (χ0v) is 13.4. The standard InChI is InChI=1S/C14H20F3NO3S/c1-9-4-6-11(7-5-9)12(22(18,20)21)13(3,19)8-10(2)14(15,16)17/h4-7,10,12,19H,8H2,1-3H3,(H2,18,20,21). The van der Waals surface area contributed by atoms with Gasteiger partial charge < -0.3 is 5.11 Å². The van der Waals surface area contributed by atoms with Crippen LogP contribution < -0.4 is 5.14 Å². The van der Waals surface area contributed by atoms with Gasteiger partial charge in [0.2, 0.25) is 10.0 Å². The predicted molar refractivity (Wildman–Crippen MR) is 77.5 cm³/mol. The predicted octanol–water partition coefficient (Wildman–Crippen LogP) is 2.66. The number of aryl methyl sites for hydroxylation is 1. The molecule has 126 valence electrons. The van der Waals surface area contributed by atoms with E-state index in [1.807, 2.05) is 0 Å². The van der Waals surface area contributed by atoms with Crippen molar-refractivity contribution in [1.29, 1.82) is 0 Å². The fourth-order valence-electron chi connectivity index (χ4n) is 2.49. The van der Waals surface area contributed by atoms with Crippen molar-refractivity contribution in [2.45, 2.75) is 44.2 Å². The molecule has 0 radical (unpaired) electrons. The molecule has 0 saturated heterocycles. The second-order valence-corrected chi connectivity index (χ2v) is 7.53. The lowest BCUT2D eigenvalue weighted by atomic mass is 9.86. The Hall–Kier alpha value is -1.12. The average molecular weight is 339 g/mol. The van der Waals surface area contributed by atoms with E-state index in [1.165, 1.54) is 12.1 Å². The summed E-state index contributed by atoms with van der Waals surface area (Å²) in [5.74, 6) is -1.86. The van der Waals surface area contributed by atoms with Gasteiger partial charge in [-0.1, -0.05) is 36.8 Å². The summed E-state index contributed by atoms with van der Waals surface area (Å²) in [5.41, 5.74) is -1.15. The van der Waals surface area contributed by atoms with Crippen LogP contribution >= 0.6 is 0 Å². The maximum atomic E-state index is 12.7. The smallest absolute Gasteiger partial charge is 0.388 e. The third-order valence-corrected chi connectivity index (χ3v) is 4.99. The van der Waals surface area contributed by atoms with Crippen LogP contribution in [0.1, 0.15) is 36.6 Å². The first-order valence-electron chi connectivity index (χ1n) is 6.62. The van der Waals surface area contributed by atoms with E-state index in [0.717, 1.165) is 19.4 Å². The van der Waals surface area contributed by atoms with E-state index in [2.05, 4.69) is 0 Å². The van der Waals surface area contributed by atoms with Crippen molar-refractivity contribution in [3.05, 3.63) is 35.4 Å². The summed E-state index contributed by atoms with van der Waals surface area (Å²) in [4.78, 5) is 0. The minimum Gasteiger partial charge on any atom is -0.388 e. The molecule has 0 aliphatic rings. The molecule has 1 aromatic rings. The number of hydrogen-bond donors (Lipinski definition) is 2. The van der Waals surface area contributed by atoms with Crippen LogP contribution in [0, 0.1) is 12.8 Å². The molecule has 0 aliphatic carbocycles. The molecular formula is C14H20F3NO3S. The molecule has 1 rings (SSSR count). The van der Waals surface area contributed by atoms with Gasteiger partial charge in [0.15, 0.2) is 0 Å².